The van der Waals surface area contributed by atoms with Crippen molar-refractivity contribution in [2.75, 3.05) is 13.6 Å². The van der Waals surface area contributed by atoms with E-state index in [2.05, 4.69) is 27.3 Å². The average molecular weight is 261 g/mol. The first-order chi connectivity index (χ1) is 9.11. The summed E-state index contributed by atoms with van der Waals surface area (Å²) in [5.74, 6) is 0.248. The highest BCUT2D eigenvalue weighted by Crippen LogP contribution is 2.18. The smallest absolute Gasteiger partial charge is 0.140 e. The van der Waals surface area contributed by atoms with Gasteiger partial charge in [-0.1, -0.05) is 23.4 Å². The van der Waals surface area contributed by atoms with Gasteiger partial charge < -0.3 is 15.8 Å². The molecule has 102 valence electrons. The van der Waals surface area contributed by atoms with Crippen LogP contribution < -0.4 is 5.73 Å². The molecule has 0 atom stereocenters. The monoisotopic (exact) mass is 261 g/mol. The number of nitrogens with zero attached hydrogens (tertiary/aromatic N) is 4. The maximum Gasteiger partial charge on any atom is 0.140 e. The maximum absolute atomic E-state index is 8.51. The summed E-state index contributed by atoms with van der Waals surface area (Å²) in [4.78, 5) is 2.10. The fraction of sp³-hybridized carbons (Fsp3) is 0.385. The molecule has 0 unspecified atom stereocenters. The lowest BCUT2D eigenvalue weighted by Crippen LogP contribution is -2.24. The zero-order valence-electron chi connectivity index (χ0n) is 11.2. The van der Waals surface area contributed by atoms with Crippen LogP contribution in [0.15, 0.2) is 29.4 Å². The Kier molecular flexibility index (Phi) is 4.01. The van der Waals surface area contributed by atoms with Gasteiger partial charge in [0.05, 0.1) is 11.2 Å². The molecule has 1 heterocycles. The van der Waals surface area contributed by atoms with Gasteiger partial charge in [0.2, 0.25) is 0 Å². The lowest BCUT2D eigenvalue weighted by molar-refractivity contribution is 0.308. The standard InChI is InChI=1S/C13H19N5O/c1-17(8-7-13(14)16-19)9-11-10-5-3-4-6-12(10)18(2)15-11/h3-6,19H,7-9H2,1-2H3,(H2,14,16). The summed E-state index contributed by atoms with van der Waals surface area (Å²) in [7, 11) is 3.94. The van der Waals surface area contributed by atoms with Crippen LogP contribution in [-0.2, 0) is 13.6 Å². The van der Waals surface area contributed by atoms with Crippen LogP contribution in [0.5, 0.6) is 0 Å². The van der Waals surface area contributed by atoms with Gasteiger partial charge in [0.1, 0.15) is 5.84 Å². The van der Waals surface area contributed by atoms with Gasteiger partial charge in [-0.15, -0.1) is 0 Å². The van der Waals surface area contributed by atoms with Gasteiger partial charge in [-0.3, -0.25) is 4.68 Å². The van der Waals surface area contributed by atoms with Gasteiger partial charge in [-0.05, 0) is 13.1 Å². The van der Waals surface area contributed by atoms with Crippen LogP contribution in [0.25, 0.3) is 10.9 Å². The van der Waals surface area contributed by atoms with Gasteiger partial charge in [-0.2, -0.15) is 5.10 Å². The number of para-hydroxylation sites is 1. The molecule has 6 heteroatoms. The Morgan fingerprint density at radius 3 is 2.95 bits per heavy atom. The summed E-state index contributed by atoms with van der Waals surface area (Å²) in [6.45, 7) is 1.46. The molecule has 0 saturated carbocycles. The number of hydrogen-bond donors (Lipinski definition) is 2. The van der Waals surface area contributed by atoms with E-state index in [1.54, 1.807) is 0 Å². The number of rotatable bonds is 5. The van der Waals surface area contributed by atoms with Gasteiger partial charge in [0.15, 0.2) is 0 Å². The predicted octanol–water partition coefficient (Wildman–Crippen LogP) is 1.14. The van der Waals surface area contributed by atoms with E-state index in [9.17, 15) is 0 Å². The summed E-state index contributed by atoms with van der Waals surface area (Å²) >= 11 is 0. The second-order valence-electron chi connectivity index (χ2n) is 4.67. The third-order valence-corrected chi connectivity index (χ3v) is 3.13. The van der Waals surface area contributed by atoms with Crippen molar-refractivity contribution in [1.82, 2.24) is 14.7 Å². The number of hydrogen-bond acceptors (Lipinski definition) is 4. The summed E-state index contributed by atoms with van der Waals surface area (Å²) in [6, 6.07) is 8.16. The van der Waals surface area contributed by atoms with E-state index in [1.165, 1.54) is 5.39 Å². The molecule has 6 nitrogen and oxygen atoms in total. The molecule has 0 bridgehead atoms. The highest BCUT2D eigenvalue weighted by molar-refractivity contribution is 5.82. The van der Waals surface area contributed by atoms with Gasteiger partial charge in [0.25, 0.3) is 0 Å². The molecule has 0 aliphatic rings. The molecular weight excluding hydrogens is 242 g/mol. The molecular formula is C13H19N5O. The maximum atomic E-state index is 8.51. The Hall–Kier alpha value is -2.08. The molecule has 0 aliphatic heterocycles. The van der Waals surface area contributed by atoms with Crippen LogP contribution in [-0.4, -0.2) is 39.3 Å². The molecule has 0 radical (unpaired) electrons. The van der Waals surface area contributed by atoms with Crippen molar-refractivity contribution >= 4 is 16.7 Å². The Bertz CT molecular complexity index is 590. The van der Waals surface area contributed by atoms with Crippen molar-refractivity contribution in [3.63, 3.8) is 0 Å². The second kappa shape index (κ2) is 5.71. The van der Waals surface area contributed by atoms with Crippen molar-refractivity contribution in [2.24, 2.45) is 17.9 Å². The highest BCUT2D eigenvalue weighted by Gasteiger charge is 2.10. The molecule has 19 heavy (non-hydrogen) atoms. The van der Waals surface area contributed by atoms with Crippen LogP contribution >= 0.6 is 0 Å². The van der Waals surface area contributed by atoms with Crippen molar-refractivity contribution in [2.45, 2.75) is 13.0 Å². The highest BCUT2D eigenvalue weighted by atomic mass is 16.4. The number of aromatic nitrogens is 2. The van der Waals surface area contributed by atoms with E-state index in [0.29, 0.717) is 6.42 Å². The third-order valence-electron chi connectivity index (χ3n) is 3.13. The van der Waals surface area contributed by atoms with Crippen LogP contribution in [0.3, 0.4) is 0 Å². The van der Waals surface area contributed by atoms with Gasteiger partial charge in [0, 0.05) is 31.9 Å². The first-order valence-electron chi connectivity index (χ1n) is 6.17. The number of amidine groups is 1. The molecule has 2 rings (SSSR count). The Morgan fingerprint density at radius 1 is 1.47 bits per heavy atom. The average Bonchev–Trinajstić information content (AvgIpc) is 2.73. The molecule has 1 aromatic carbocycles. The largest absolute Gasteiger partial charge is 0.409 e. The van der Waals surface area contributed by atoms with Gasteiger partial charge >= 0.3 is 0 Å². The summed E-state index contributed by atoms with van der Waals surface area (Å²) < 4.78 is 1.89. The van der Waals surface area contributed by atoms with Crippen molar-refractivity contribution in [3.05, 3.63) is 30.0 Å². The number of oxime groups is 1. The zero-order chi connectivity index (χ0) is 13.8. The van der Waals surface area contributed by atoms with E-state index in [4.69, 9.17) is 10.9 Å². The number of nitrogens with two attached hydrogens (primary N) is 1. The van der Waals surface area contributed by atoms with Crippen LogP contribution in [0.4, 0.5) is 0 Å². The predicted molar refractivity (Wildman–Crippen MR) is 75.1 cm³/mol. The fourth-order valence-electron chi connectivity index (χ4n) is 2.10. The first kappa shape index (κ1) is 13.4. The summed E-state index contributed by atoms with van der Waals surface area (Å²) in [5, 5.41) is 17.2. The lowest BCUT2D eigenvalue weighted by Gasteiger charge is -2.14. The topological polar surface area (TPSA) is 79.7 Å². The minimum Gasteiger partial charge on any atom is -0.409 e. The van der Waals surface area contributed by atoms with Crippen molar-refractivity contribution < 1.29 is 5.21 Å². The molecule has 3 N–H and O–H groups in total. The SMILES string of the molecule is CN(CCC(N)=NO)Cc1nn(C)c2ccccc12. The molecule has 0 fully saturated rings. The summed E-state index contributed by atoms with van der Waals surface area (Å²) in [6.07, 6.45) is 0.539. The van der Waals surface area contributed by atoms with E-state index < -0.39 is 0 Å². The van der Waals surface area contributed by atoms with Crippen LogP contribution in [0.2, 0.25) is 0 Å². The van der Waals surface area contributed by atoms with Crippen molar-refractivity contribution in [1.29, 1.82) is 0 Å². The van der Waals surface area contributed by atoms with Crippen molar-refractivity contribution in [3.8, 4) is 0 Å². The summed E-state index contributed by atoms with van der Waals surface area (Å²) in [5.41, 5.74) is 7.63. The number of fused-ring (bicyclic) bond motifs is 1. The molecule has 1 aromatic heterocycles. The van der Waals surface area contributed by atoms with E-state index in [0.717, 1.165) is 24.3 Å². The minimum atomic E-state index is 0.248. The molecule has 0 spiro atoms. The number of aryl methyl sites for hydroxylation is 1. The van der Waals surface area contributed by atoms with E-state index in [-0.39, 0.29) is 5.84 Å². The van der Waals surface area contributed by atoms with Crippen LogP contribution in [0, 0.1) is 0 Å². The zero-order valence-corrected chi connectivity index (χ0v) is 11.2. The molecule has 0 aliphatic carbocycles. The Balaban J connectivity index is 2.09. The van der Waals surface area contributed by atoms with E-state index in [1.807, 2.05) is 30.9 Å². The first-order valence-corrected chi connectivity index (χ1v) is 6.17. The number of benzene rings is 1. The molecule has 0 saturated heterocycles. The normalized spacial score (nSPS) is 12.5. The second-order valence-corrected chi connectivity index (χ2v) is 4.67. The minimum absolute atomic E-state index is 0.248. The Labute approximate surface area is 112 Å². The lowest BCUT2D eigenvalue weighted by atomic mass is 10.2. The van der Waals surface area contributed by atoms with Gasteiger partial charge in [-0.25, -0.2) is 0 Å². The van der Waals surface area contributed by atoms with E-state index >= 15 is 0 Å². The third kappa shape index (κ3) is 3.03. The molecule has 2 aromatic rings. The fourth-order valence-corrected chi connectivity index (χ4v) is 2.10. The molecule has 0 amide bonds. The quantitative estimate of drug-likeness (QED) is 0.366. The van der Waals surface area contributed by atoms with Crippen LogP contribution in [0.1, 0.15) is 12.1 Å². The Morgan fingerprint density at radius 2 is 2.21 bits per heavy atom.